The van der Waals surface area contributed by atoms with E-state index in [4.69, 9.17) is 18.9 Å². The van der Waals surface area contributed by atoms with Gasteiger partial charge >= 0.3 is 0 Å². The molecule has 6 heteroatoms. The molecule has 0 bridgehead atoms. The maximum Gasteiger partial charge on any atom is 0.146 e. The summed E-state index contributed by atoms with van der Waals surface area (Å²) in [5.41, 5.74) is 0. The van der Waals surface area contributed by atoms with Gasteiger partial charge in [-0.05, 0) is 74.0 Å². The topological polar surface area (TPSA) is 36.9 Å². The average molecular weight is 717 g/mol. The second-order valence-corrected chi connectivity index (χ2v) is 13.1. The summed E-state index contributed by atoms with van der Waals surface area (Å²) in [6.45, 7) is 27.1. The number of rotatable bonds is 2. The molecule has 4 nitrogen and oxygen atoms in total. The molecule has 0 N–H and O–H groups in total. The van der Waals surface area contributed by atoms with Gasteiger partial charge in [0, 0.05) is 91.8 Å². The summed E-state index contributed by atoms with van der Waals surface area (Å²) in [5, 5.41) is 0. The van der Waals surface area contributed by atoms with Crippen LogP contribution >= 0.6 is 0 Å². The molecule has 1 fully saturated rings. The molecule has 0 aromatic heterocycles. The Labute approximate surface area is 301 Å². The molecule has 1 rings (SSSR count). The van der Waals surface area contributed by atoms with E-state index in [1.807, 2.05) is 0 Å². The Hall–Kier alpha value is 2.05. The third-order valence-corrected chi connectivity index (χ3v) is 8.75. The molecule has 1 aliphatic rings. The van der Waals surface area contributed by atoms with Crippen LogP contribution in [0.3, 0.4) is 0 Å². The van der Waals surface area contributed by atoms with Crippen molar-refractivity contribution in [3.05, 3.63) is 13.8 Å². The molecular weight excluding hydrogens is 650 g/mol. The van der Waals surface area contributed by atoms with Crippen molar-refractivity contribution >= 4 is 0 Å². The van der Waals surface area contributed by atoms with Crippen LogP contribution in [0.5, 0.6) is 0 Å². The second-order valence-electron chi connectivity index (χ2n) is 13.1. The Balaban J connectivity index is 0. The van der Waals surface area contributed by atoms with Crippen molar-refractivity contribution in [2.45, 2.75) is 119 Å². The Morgan fingerprint density at radius 2 is 0.800 bits per heavy atom. The zero-order valence-corrected chi connectivity index (χ0v) is 33.2. The minimum Gasteiger partial charge on any atom is -0.355 e. The molecule has 0 aliphatic carbocycles. The number of ether oxygens (including phenoxy) is 4. The van der Waals surface area contributed by atoms with Gasteiger partial charge in [0.1, 0.15) is 13.6 Å². The van der Waals surface area contributed by atoms with Gasteiger partial charge in [0.05, 0.1) is 0 Å². The van der Waals surface area contributed by atoms with E-state index >= 15 is 0 Å². The minimum atomic E-state index is 0. The Morgan fingerprint density at radius 1 is 0.475 bits per heavy atom. The van der Waals surface area contributed by atoms with Crippen molar-refractivity contribution in [1.29, 1.82) is 0 Å². The van der Waals surface area contributed by atoms with E-state index in [0.717, 1.165) is 52.1 Å². The van der Waals surface area contributed by atoms with E-state index in [0.29, 0.717) is 60.9 Å². The third-order valence-electron chi connectivity index (χ3n) is 8.75. The molecule has 234 valence electrons. The predicted molar refractivity (Wildman–Crippen MR) is 162 cm³/mol. The van der Waals surface area contributed by atoms with Crippen LogP contribution in [0, 0.1) is 61.2 Å². The van der Waals surface area contributed by atoms with Crippen molar-refractivity contribution in [2.75, 3.05) is 40.0 Å². The van der Waals surface area contributed by atoms with Crippen LogP contribution in [0.4, 0.5) is 0 Å². The predicted octanol–water partition coefficient (Wildman–Crippen LogP) is 9.37. The van der Waals surface area contributed by atoms with E-state index in [9.17, 15) is 0 Å². The molecule has 40 heavy (non-hydrogen) atoms. The van der Waals surface area contributed by atoms with Crippen molar-refractivity contribution in [3.8, 4) is 0 Å². The molecule has 8 atom stereocenters. The van der Waals surface area contributed by atoms with Crippen LogP contribution in [0.25, 0.3) is 0 Å². The molecule has 2 radical (unpaired) electrons. The van der Waals surface area contributed by atoms with Crippen molar-refractivity contribution in [1.82, 2.24) is 0 Å². The molecule has 1 heterocycles. The van der Waals surface area contributed by atoms with E-state index in [1.165, 1.54) is 51.4 Å². The van der Waals surface area contributed by atoms with Gasteiger partial charge in [-0.3, -0.25) is 0 Å². The van der Waals surface area contributed by atoms with E-state index in [-0.39, 0.29) is 65.4 Å². The van der Waals surface area contributed by atoms with E-state index in [1.54, 1.807) is 0 Å². The second kappa shape index (κ2) is 28.5. The smallest absolute Gasteiger partial charge is 0.146 e. The van der Waals surface area contributed by atoms with Gasteiger partial charge in [-0.1, -0.05) is 80.1 Å². The average Bonchev–Trinajstić information content (AvgIpc) is 2.84. The fraction of sp³-hybridized carbons (Fsp3) is 0.941. The van der Waals surface area contributed by atoms with Gasteiger partial charge in [-0.25, -0.2) is 0 Å². The summed E-state index contributed by atoms with van der Waals surface area (Å²) < 4.78 is 23.3. The number of hydrogen-bond donors (Lipinski definition) is 0. The van der Waals surface area contributed by atoms with Crippen LogP contribution in [0.2, 0.25) is 0 Å². The Morgan fingerprint density at radius 3 is 1.12 bits per heavy atom. The fourth-order valence-corrected chi connectivity index (χ4v) is 6.48. The van der Waals surface area contributed by atoms with Crippen LogP contribution in [-0.4, -0.2) is 40.0 Å². The van der Waals surface area contributed by atoms with Gasteiger partial charge in [0.25, 0.3) is 0 Å². The van der Waals surface area contributed by atoms with Gasteiger partial charge in [0.15, 0.2) is 0 Å². The summed E-state index contributed by atoms with van der Waals surface area (Å²) in [7, 11) is 0. The molecule has 0 aromatic rings. The molecule has 0 saturated carbocycles. The van der Waals surface area contributed by atoms with Crippen molar-refractivity contribution < 1.29 is 84.4 Å². The monoisotopic (exact) mass is 716 g/mol. The third kappa shape index (κ3) is 24.4. The zero-order valence-electron chi connectivity index (χ0n) is 27.5. The fourth-order valence-electron chi connectivity index (χ4n) is 6.48. The minimum absolute atomic E-state index is 0. The van der Waals surface area contributed by atoms with Gasteiger partial charge < -0.3 is 32.8 Å². The SMILES string of the molecule is [CH2-]C1CC(C)CC(C)CCOCOCCC(C)CC(C)CC([CH2-])CC(CC)CCOCOCCC(CC)C1.[Y].[Y]. The standard InChI is InChI=1S/C34H66O4.2Y/c1-9-33-13-17-37-26-38-18-14-34(10-2)24-32(8)22-30(6)20-28(4)12-16-36-25-35-15-11-27(3)19-29(5)21-31(7)23-33;;/h27-34H,7-26H2,1-6H3;;/q-2;;. The summed E-state index contributed by atoms with van der Waals surface area (Å²) in [4.78, 5) is 0. The first kappa shape index (κ1) is 44.2. The van der Waals surface area contributed by atoms with E-state index < -0.39 is 0 Å². The summed E-state index contributed by atoms with van der Waals surface area (Å²) >= 11 is 0. The maximum absolute atomic E-state index is 5.85. The summed E-state index contributed by atoms with van der Waals surface area (Å²) in [5.74, 6) is 5.15. The van der Waals surface area contributed by atoms with Crippen LogP contribution in [-0.2, 0) is 84.4 Å². The first-order valence-corrected chi connectivity index (χ1v) is 16.2. The zero-order chi connectivity index (χ0) is 28.2. The summed E-state index contributed by atoms with van der Waals surface area (Å²) in [6.07, 6.45) is 14.1. The van der Waals surface area contributed by atoms with Crippen molar-refractivity contribution in [2.24, 2.45) is 47.3 Å². The van der Waals surface area contributed by atoms with E-state index in [2.05, 4.69) is 55.4 Å². The quantitative estimate of drug-likeness (QED) is 0.267. The van der Waals surface area contributed by atoms with Crippen LogP contribution < -0.4 is 0 Å². The Kier molecular flexibility index (Phi) is 31.5. The van der Waals surface area contributed by atoms with Gasteiger partial charge in [-0.2, -0.15) is 11.8 Å². The first-order chi connectivity index (χ1) is 18.2. The normalized spacial score (nSPS) is 34.8. The molecule has 8 unspecified atom stereocenters. The molecule has 0 spiro atoms. The summed E-state index contributed by atoms with van der Waals surface area (Å²) in [6, 6.07) is 0. The number of hydrogen-bond acceptors (Lipinski definition) is 4. The first-order valence-electron chi connectivity index (χ1n) is 16.2. The maximum atomic E-state index is 5.85. The Bertz CT molecular complexity index is 494. The molecular formula is C34H66O4Y2-2. The largest absolute Gasteiger partial charge is 0.355 e. The van der Waals surface area contributed by atoms with Gasteiger partial charge in [0.2, 0.25) is 0 Å². The van der Waals surface area contributed by atoms with Crippen LogP contribution in [0.15, 0.2) is 0 Å². The van der Waals surface area contributed by atoms with Crippen molar-refractivity contribution in [3.63, 3.8) is 0 Å². The van der Waals surface area contributed by atoms with Crippen LogP contribution in [0.1, 0.15) is 119 Å². The van der Waals surface area contributed by atoms with Gasteiger partial charge in [-0.15, -0.1) is 0 Å². The molecule has 1 saturated heterocycles. The molecule has 0 aromatic carbocycles. The molecule has 1 aliphatic heterocycles. The molecule has 0 amide bonds.